The molecule has 4 rings (SSSR count). The third kappa shape index (κ3) is 6.18. The third-order valence-corrected chi connectivity index (χ3v) is 6.31. The predicted octanol–water partition coefficient (Wildman–Crippen LogP) is 4.07. The summed E-state index contributed by atoms with van der Waals surface area (Å²) in [6.07, 6.45) is 0. The van der Waals surface area contributed by atoms with Crippen molar-refractivity contribution in [2.24, 2.45) is 0 Å². The SMILES string of the molecule is O=C(NCCN1CCN(c2ccc(F)cc2)CC1)c1csc(COc2ccc(Cl)cc2)n1. The van der Waals surface area contributed by atoms with Gasteiger partial charge >= 0.3 is 0 Å². The summed E-state index contributed by atoms with van der Waals surface area (Å²) in [4.78, 5) is 21.3. The molecule has 0 atom stereocenters. The average molecular weight is 475 g/mol. The van der Waals surface area contributed by atoms with E-state index in [1.165, 1.54) is 23.5 Å². The first kappa shape index (κ1) is 22.5. The van der Waals surface area contributed by atoms with Gasteiger partial charge in [-0.05, 0) is 48.5 Å². The zero-order chi connectivity index (χ0) is 22.3. The van der Waals surface area contributed by atoms with E-state index in [2.05, 4.69) is 20.1 Å². The Balaban J connectivity index is 1.16. The molecule has 1 N–H and O–H groups in total. The number of halogens is 2. The molecule has 2 heterocycles. The second-order valence-corrected chi connectivity index (χ2v) is 8.81. The van der Waals surface area contributed by atoms with E-state index in [1.54, 1.807) is 29.6 Å². The van der Waals surface area contributed by atoms with E-state index in [0.29, 0.717) is 29.6 Å². The van der Waals surface area contributed by atoms with Crippen LogP contribution in [0.15, 0.2) is 53.9 Å². The topological polar surface area (TPSA) is 57.7 Å². The maximum Gasteiger partial charge on any atom is 0.270 e. The number of anilines is 1. The lowest BCUT2D eigenvalue weighted by atomic mass is 10.2. The van der Waals surface area contributed by atoms with Crippen molar-refractivity contribution < 1.29 is 13.9 Å². The molecule has 0 saturated carbocycles. The summed E-state index contributed by atoms with van der Waals surface area (Å²) < 4.78 is 18.8. The lowest BCUT2D eigenvalue weighted by Crippen LogP contribution is -2.48. The fourth-order valence-electron chi connectivity index (χ4n) is 3.46. The fourth-order valence-corrected chi connectivity index (χ4v) is 4.27. The molecule has 0 radical (unpaired) electrons. The van der Waals surface area contributed by atoms with Crippen LogP contribution in [-0.2, 0) is 6.61 Å². The Labute approximate surface area is 195 Å². The molecule has 9 heteroatoms. The number of carbonyl (C=O) groups excluding carboxylic acids is 1. The molecule has 0 aliphatic carbocycles. The van der Waals surface area contributed by atoms with Gasteiger partial charge in [-0.2, -0.15) is 0 Å². The van der Waals surface area contributed by atoms with Crippen molar-refractivity contribution in [2.45, 2.75) is 6.61 Å². The van der Waals surface area contributed by atoms with Crippen LogP contribution in [0.3, 0.4) is 0 Å². The van der Waals surface area contributed by atoms with Crippen LogP contribution in [0.4, 0.5) is 10.1 Å². The molecule has 0 spiro atoms. The van der Waals surface area contributed by atoms with Crippen molar-refractivity contribution in [3.05, 3.63) is 75.5 Å². The number of amides is 1. The highest BCUT2D eigenvalue weighted by atomic mass is 35.5. The number of nitrogens with one attached hydrogen (secondary N) is 1. The van der Waals surface area contributed by atoms with E-state index in [-0.39, 0.29) is 11.7 Å². The van der Waals surface area contributed by atoms with Crippen LogP contribution in [0, 0.1) is 5.82 Å². The Bertz CT molecular complexity index is 1020. The molecule has 1 aromatic heterocycles. The molecule has 1 amide bonds. The van der Waals surface area contributed by atoms with Crippen LogP contribution in [0.1, 0.15) is 15.5 Å². The van der Waals surface area contributed by atoms with Crippen LogP contribution in [0.25, 0.3) is 0 Å². The van der Waals surface area contributed by atoms with Crippen LogP contribution < -0.4 is 15.0 Å². The zero-order valence-corrected chi connectivity index (χ0v) is 19.0. The second-order valence-electron chi connectivity index (χ2n) is 7.43. The molecular weight excluding hydrogens is 451 g/mol. The Hall–Kier alpha value is -2.68. The minimum absolute atomic E-state index is 0.177. The average Bonchev–Trinajstić information content (AvgIpc) is 3.29. The smallest absolute Gasteiger partial charge is 0.270 e. The Morgan fingerprint density at radius 1 is 1.09 bits per heavy atom. The Kier molecular flexibility index (Phi) is 7.57. The molecule has 2 aromatic carbocycles. The van der Waals surface area contributed by atoms with Crippen molar-refractivity contribution >= 4 is 34.5 Å². The van der Waals surface area contributed by atoms with Gasteiger partial charge in [0.25, 0.3) is 5.91 Å². The number of carbonyl (C=O) groups is 1. The van der Waals surface area contributed by atoms with Crippen LogP contribution in [0.5, 0.6) is 5.75 Å². The van der Waals surface area contributed by atoms with E-state index in [0.717, 1.165) is 43.4 Å². The highest BCUT2D eigenvalue weighted by Gasteiger charge is 2.17. The van der Waals surface area contributed by atoms with Crippen LogP contribution >= 0.6 is 22.9 Å². The molecule has 1 fully saturated rings. The predicted molar refractivity (Wildman–Crippen MR) is 125 cm³/mol. The number of piperazine rings is 1. The number of hydrogen-bond acceptors (Lipinski definition) is 6. The molecule has 0 unspecified atom stereocenters. The molecule has 1 saturated heterocycles. The normalized spacial score (nSPS) is 14.4. The summed E-state index contributed by atoms with van der Waals surface area (Å²) in [5.74, 6) is 0.309. The van der Waals surface area contributed by atoms with E-state index >= 15 is 0 Å². The minimum atomic E-state index is -0.218. The number of thiazole rings is 1. The molecular formula is C23H24ClFN4O2S. The quantitative estimate of drug-likeness (QED) is 0.533. The highest BCUT2D eigenvalue weighted by molar-refractivity contribution is 7.09. The molecule has 1 aliphatic rings. The first-order valence-electron chi connectivity index (χ1n) is 10.4. The summed E-state index contributed by atoms with van der Waals surface area (Å²) in [6, 6.07) is 13.7. The van der Waals surface area contributed by atoms with Crippen LogP contribution in [-0.4, -0.2) is 55.1 Å². The van der Waals surface area contributed by atoms with E-state index in [1.807, 2.05) is 12.1 Å². The molecule has 0 bridgehead atoms. The third-order valence-electron chi connectivity index (χ3n) is 5.24. The number of benzene rings is 2. The first-order valence-corrected chi connectivity index (χ1v) is 11.7. The lowest BCUT2D eigenvalue weighted by Gasteiger charge is -2.36. The largest absolute Gasteiger partial charge is 0.486 e. The van der Waals surface area contributed by atoms with Gasteiger partial charge in [-0.15, -0.1) is 11.3 Å². The number of ether oxygens (including phenoxy) is 1. The van der Waals surface area contributed by atoms with Gasteiger partial charge in [0.05, 0.1) is 0 Å². The molecule has 32 heavy (non-hydrogen) atoms. The Morgan fingerprint density at radius 3 is 2.53 bits per heavy atom. The molecule has 168 valence electrons. The van der Waals surface area contributed by atoms with Gasteiger partial charge < -0.3 is 15.0 Å². The number of hydrogen-bond donors (Lipinski definition) is 1. The fraction of sp³-hybridized carbons (Fsp3) is 0.304. The zero-order valence-electron chi connectivity index (χ0n) is 17.5. The van der Waals surface area contributed by atoms with Gasteiger partial charge in [0, 0.05) is 55.4 Å². The monoisotopic (exact) mass is 474 g/mol. The first-order chi connectivity index (χ1) is 15.6. The van der Waals surface area contributed by atoms with Crippen molar-refractivity contribution in [1.82, 2.24) is 15.2 Å². The van der Waals surface area contributed by atoms with E-state index in [9.17, 15) is 9.18 Å². The summed E-state index contributed by atoms with van der Waals surface area (Å²) in [5, 5.41) is 6.08. The van der Waals surface area contributed by atoms with Gasteiger partial charge in [0.15, 0.2) is 0 Å². The molecule has 3 aromatic rings. The molecule has 1 aliphatic heterocycles. The van der Waals surface area contributed by atoms with Crippen molar-refractivity contribution in [3.63, 3.8) is 0 Å². The van der Waals surface area contributed by atoms with E-state index < -0.39 is 0 Å². The maximum atomic E-state index is 13.1. The number of nitrogens with zero attached hydrogens (tertiary/aromatic N) is 3. The van der Waals surface area contributed by atoms with Crippen molar-refractivity contribution in [3.8, 4) is 5.75 Å². The summed E-state index contributed by atoms with van der Waals surface area (Å²) in [7, 11) is 0. The minimum Gasteiger partial charge on any atom is -0.486 e. The van der Waals surface area contributed by atoms with Gasteiger partial charge in [-0.3, -0.25) is 9.69 Å². The van der Waals surface area contributed by atoms with Crippen LogP contribution in [0.2, 0.25) is 5.02 Å². The standard InChI is InChI=1S/C23H24ClFN4O2S/c24-17-1-7-20(8-2-17)31-15-22-27-21(16-32-22)23(30)26-9-10-28-11-13-29(14-12-28)19-5-3-18(25)4-6-19/h1-8,16H,9-15H2,(H,26,30). The summed E-state index contributed by atoms with van der Waals surface area (Å²) in [6.45, 7) is 5.19. The van der Waals surface area contributed by atoms with Crippen molar-refractivity contribution in [2.75, 3.05) is 44.2 Å². The summed E-state index contributed by atoms with van der Waals surface area (Å²) in [5.41, 5.74) is 1.45. The van der Waals surface area contributed by atoms with Gasteiger partial charge in [-0.1, -0.05) is 11.6 Å². The number of aromatic nitrogens is 1. The van der Waals surface area contributed by atoms with Crippen molar-refractivity contribution in [1.29, 1.82) is 0 Å². The van der Waals surface area contributed by atoms with Gasteiger partial charge in [0.1, 0.15) is 28.9 Å². The second kappa shape index (κ2) is 10.8. The number of rotatable bonds is 8. The summed E-state index contributed by atoms with van der Waals surface area (Å²) >= 11 is 7.27. The Morgan fingerprint density at radius 2 is 1.81 bits per heavy atom. The van der Waals surface area contributed by atoms with E-state index in [4.69, 9.17) is 16.3 Å². The lowest BCUT2D eigenvalue weighted by molar-refractivity contribution is 0.0943. The van der Waals surface area contributed by atoms with Gasteiger partial charge in [0.2, 0.25) is 0 Å². The highest BCUT2D eigenvalue weighted by Crippen LogP contribution is 2.19. The molecule has 6 nitrogen and oxygen atoms in total. The maximum absolute atomic E-state index is 13.1. The van der Waals surface area contributed by atoms with Gasteiger partial charge in [-0.25, -0.2) is 9.37 Å².